The van der Waals surface area contributed by atoms with Gasteiger partial charge in [0.05, 0.1) is 12.1 Å². The van der Waals surface area contributed by atoms with Crippen LogP contribution in [-0.4, -0.2) is 18.7 Å². The van der Waals surface area contributed by atoms with Crippen LogP contribution in [0.2, 0.25) is 0 Å². The van der Waals surface area contributed by atoms with Crippen molar-refractivity contribution in [1.29, 1.82) is 0 Å². The summed E-state index contributed by atoms with van der Waals surface area (Å²) >= 11 is 0. The molecule has 0 aromatic heterocycles. The third-order valence-electron chi connectivity index (χ3n) is 1.19. The smallest absolute Gasteiger partial charge is 0.547 e. The zero-order chi connectivity index (χ0) is 5.98. The van der Waals surface area contributed by atoms with Crippen molar-refractivity contribution in [3.63, 3.8) is 0 Å². The first-order valence-electron chi connectivity index (χ1n) is 2.63. The molecule has 3 nitrogen and oxygen atoms in total. The van der Waals surface area contributed by atoms with Crippen molar-refractivity contribution in [3.8, 4) is 0 Å². The maximum atomic E-state index is 9.97. The van der Waals surface area contributed by atoms with Gasteiger partial charge in [0.15, 0.2) is 0 Å². The average molecular weight is 138 g/mol. The molecule has 0 N–H and O–H groups in total. The molecular weight excluding hydrogens is 131 g/mol. The van der Waals surface area contributed by atoms with E-state index in [0.717, 1.165) is 6.42 Å². The standard InChI is InChI=1S/C5H8O3.Na/c6-5(7)4-2-1-3-8-4;/h4H,1-3H2,(H,6,7);/q;+1/p-1/t4-;/m0./s1. The van der Waals surface area contributed by atoms with E-state index < -0.39 is 12.1 Å². The van der Waals surface area contributed by atoms with Crippen molar-refractivity contribution in [2.45, 2.75) is 18.9 Å². The van der Waals surface area contributed by atoms with E-state index in [2.05, 4.69) is 0 Å². The summed E-state index contributed by atoms with van der Waals surface area (Å²) in [5, 5.41) is 9.97. The van der Waals surface area contributed by atoms with Crippen molar-refractivity contribution in [2.75, 3.05) is 6.61 Å². The summed E-state index contributed by atoms with van der Waals surface area (Å²) in [5.74, 6) is -1.08. The van der Waals surface area contributed by atoms with E-state index in [4.69, 9.17) is 4.74 Å². The molecule has 9 heavy (non-hydrogen) atoms. The summed E-state index contributed by atoms with van der Waals surface area (Å²) < 4.78 is 4.75. The normalized spacial score (nSPS) is 25.1. The molecule has 0 aromatic rings. The van der Waals surface area contributed by atoms with Crippen LogP contribution in [0, 0.1) is 0 Å². The maximum absolute atomic E-state index is 9.97. The van der Waals surface area contributed by atoms with Crippen molar-refractivity contribution < 1.29 is 44.2 Å². The molecule has 1 saturated heterocycles. The Hall–Kier alpha value is 0.430. The van der Waals surface area contributed by atoms with Crippen LogP contribution in [0.3, 0.4) is 0 Å². The van der Waals surface area contributed by atoms with E-state index in [9.17, 15) is 9.90 Å². The van der Waals surface area contributed by atoms with E-state index in [1.807, 2.05) is 0 Å². The minimum Gasteiger partial charge on any atom is -0.547 e. The predicted octanol–water partition coefficient (Wildman–Crippen LogP) is -4.08. The van der Waals surface area contributed by atoms with E-state index in [1.54, 1.807) is 0 Å². The van der Waals surface area contributed by atoms with Gasteiger partial charge in [-0.05, 0) is 12.8 Å². The Morgan fingerprint density at radius 3 is 2.56 bits per heavy atom. The molecule has 1 atom stereocenters. The molecule has 1 heterocycles. The van der Waals surface area contributed by atoms with E-state index in [-0.39, 0.29) is 29.6 Å². The first kappa shape index (κ1) is 9.43. The van der Waals surface area contributed by atoms with Gasteiger partial charge < -0.3 is 14.6 Å². The zero-order valence-corrected chi connectivity index (χ0v) is 7.42. The van der Waals surface area contributed by atoms with Crippen LogP contribution >= 0.6 is 0 Å². The summed E-state index contributed by atoms with van der Waals surface area (Å²) in [7, 11) is 0. The van der Waals surface area contributed by atoms with E-state index in [1.165, 1.54) is 0 Å². The molecule has 1 fully saturated rings. The molecular formula is C5H7NaO3. The molecule has 0 aliphatic carbocycles. The number of carboxylic acid groups (broad SMARTS) is 1. The molecule has 46 valence electrons. The van der Waals surface area contributed by atoms with Gasteiger partial charge >= 0.3 is 29.6 Å². The van der Waals surface area contributed by atoms with Crippen LogP contribution in [-0.2, 0) is 9.53 Å². The molecule has 0 aromatic carbocycles. The third kappa shape index (κ3) is 2.67. The van der Waals surface area contributed by atoms with Crippen LogP contribution < -0.4 is 34.7 Å². The number of rotatable bonds is 1. The molecule has 0 bridgehead atoms. The maximum Gasteiger partial charge on any atom is 1.00 e. The molecule has 0 unspecified atom stereocenters. The van der Waals surface area contributed by atoms with Gasteiger partial charge in [-0.2, -0.15) is 0 Å². The van der Waals surface area contributed by atoms with Crippen molar-refractivity contribution in [1.82, 2.24) is 0 Å². The summed E-state index contributed by atoms with van der Waals surface area (Å²) in [6.07, 6.45) is 0.830. The number of carboxylic acids is 1. The van der Waals surface area contributed by atoms with Gasteiger partial charge in [-0.15, -0.1) is 0 Å². The van der Waals surface area contributed by atoms with Gasteiger partial charge in [-0.1, -0.05) is 0 Å². The first-order chi connectivity index (χ1) is 3.80. The van der Waals surface area contributed by atoms with E-state index >= 15 is 0 Å². The fourth-order valence-electron chi connectivity index (χ4n) is 0.764. The van der Waals surface area contributed by atoms with Gasteiger partial charge in [0.2, 0.25) is 0 Å². The molecule has 1 rings (SSSR count). The van der Waals surface area contributed by atoms with Crippen LogP contribution in [0.5, 0.6) is 0 Å². The average Bonchev–Trinajstić information content (AvgIpc) is 2.12. The van der Waals surface area contributed by atoms with Gasteiger partial charge in [0.1, 0.15) is 0 Å². The molecule has 1 aliphatic heterocycles. The largest absolute Gasteiger partial charge is 1.00 e. The Morgan fingerprint density at radius 2 is 2.33 bits per heavy atom. The number of aliphatic carboxylic acids is 1. The van der Waals surface area contributed by atoms with Gasteiger partial charge in [-0.25, -0.2) is 0 Å². The van der Waals surface area contributed by atoms with Crippen molar-refractivity contribution >= 4 is 5.97 Å². The summed E-state index contributed by atoms with van der Waals surface area (Å²) in [6.45, 7) is 0.568. The number of hydrogen-bond donors (Lipinski definition) is 0. The minimum absolute atomic E-state index is 0. The number of carbonyl (C=O) groups is 1. The van der Waals surface area contributed by atoms with Gasteiger partial charge in [0.25, 0.3) is 0 Å². The van der Waals surface area contributed by atoms with Crippen molar-refractivity contribution in [3.05, 3.63) is 0 Å². The summed E-state index contributed by atoms with van der Waals surface area (Å²) in [5.41, 5.74) is 0. The molecule has 0 spiro atoms. The SMILES string of the molecule is O=C([O-])[C@@H]1CCCO1.[Na+]. The Kier molecular flexibility index (Phi) is 4.48. The van der Waals surface area contributed by atoms with Gasteiger partial charge in [-0.3, -0.25) is 0 Å². The number of ether oxygens (including phenoxy) is 1. The fraction of sp³-hybridized carbons (Fsp3) is 0.800. The van der Waals surface area contributed by atoms with Crippen LogP contribution in [0.4, 0.5) is 0 Å². The predicted molar refractivity (Wildman–Crippen MR) is 24.0 cm³/mol. The minimum atomic E-state index is -1.08. The molecule has 1 aliphatic rings. The summed E-state index contributed by atoms with van der Waals surface area (Å²) in [6, 6.07) is 0. The van der Waals surface area contributed by atoms with Crippen LogP contribution in [0.25, 0.3) is 0 Å². The molecule has 0 radical (unpaired) electrons. The second kappa shape index (κ2) is 4.28. The first-order valence-corrected chi connectivity index (χ1v) is 2.63. The molecule has 0 amide bonds. The third-order valence-corrected chi connectivity index (χ3v) is 1.19. The Morgan fingerprint density at radius 1 is 1.67 bits per heavy atom. The van der Waals surface area contributed by atoms with Crippen molar-refractivity contribution in [2.24, 2.45) is 0 Å². The van der Waals surface area contributed by atoms with Crippen LogP contribution in [0.15, 0.2) is 0 Å². The topological polar surface area (TPSA) is 49.4 Å². The Bertz CT molecular complexity index is 98.4. The summed E-state index contributed by atoms with van der Waals surface area (Å²) in [4.78, 5) is 9.97. The van der Waals surface area contributed by atoms with Crippen LogP contribution in [0.1, 0.15) is 12.8 Å². The van der Waals surface area contributed by atoms with E-state index in [0.29, 0.717) is 13.0 Å². The second-order valence-electron chi connectivity index (χ2n) is 1.82. The molecule has 4 heteroatoms. The molecule has 0 saturated carbocycles. The Labute approximate surface area is 75.7 Å². The number of hydrogen-bond acceptors (Lipinski definition) is 3. The van der Waals surface area contributed by atoms with Gasteiger partial charge in [0, 0.05) is 6.61 Å². The quantitative estimate of drug-likeness (QED) is 0.346. The number of carbonyl (C=O) groups excluding carboxylic acids is 1. The monoisotopic (exact) mass is 138 g/mol. The Balaban J connectivity index is 0.000000640. The fourth-order valence-corrected chi connectivity index (χ4v) is 0.764. The second-order valence-corrected chi connectivity index (χ2v) is 1.82. The zero-order valence-electron chi connectivity index (χ0n) is 5.42.